The number of hydrogen-bond acceptors (Lipinski definition) is 4. The van der Waals surface area contributed by atoms with Gasteiger partial charge in [-0.1, -0.05) is 0 Å². The minimum Gasteiger partial charge on any atom is -0.452 e. The summed E-state index contributed by atoms with van der Waals surface area (Å²) in [5.74, 6) is 1.43. The Labute approximate surface area is 113 Å². The van der Waals surface area contributed by atoms with E-state index >= 15 is 0 Å². The van der Waals surface area contributed by atoms with Gasteiger partial charge in [0.25, 0.3) is 0 Å². The molecule has 0 aliphatic heterocycles. The van der Waals surface area contributed by atoms with Gasteiger partial charge in [0.05, 0.1) is 18.6 Å². The molecule has 0 aliphatic rings. The standard InChI is InChI=1S/C14H20N4O/c1-10(2)18-9-14(8-17-18)19-13-5-12(4-11(3)15)6-16-7-13/h5-11H,4,15H2,1-3H3. The third-order valence-corrected chi connectivity index (χ3v) is 2.67. The normalized spacial score (nSPS) is 12.7. The Morgan fingerprint density at radius 1 is 1.21 bits per heavy atom. The number of rotatable bonds is 5. The van der Waals surface area contributed by atoms with Gasteiger partial charge in [0.2, 0.25) is 0 Å². The Hall–Kier alpha value is -1.88. The first-order valence-corrected chi connectivity index (χ1v) is 6.46. The van der Waals surface area contributed by atoms with E-state index in [9.17, 15) is 0 Å². The molecular weight excluding hydrogens is 240 g/mol. The number of aromatic nitrogens is 3. The van der Waals surface area contributed by atoms with Crippen molar-refractivity contribution in [1.82, 2.24) is 14.8 Å². The van der Waals surface area contributed by atoms with E-state index in [1.54, 1.807) is 12.4 Å². The van der Waals surface area contributed by atoms with Crippen LogP contribution in [0.4, 0.5) is 0 Å². The van der Waals surface area contributed by atoms with Gasteiger partial charge in [-0.05, 0) is 38.8 Å². The van der Waals surface area contributed by atoms with Gasteiger partial charge in [-0.3, -0.25) is 9.67 Å². The highest BCUT2D eigenvalue weighted by Gasteiger charge is 2.05. The molecule has 102 valence electrons. The summed E-state index contributed by atoms with van der Waals surface area (Å²) in [6.07, 6.45) is 7.88. The Morgan fingerprint density at radius 2 is 2.00 bits per heavy atom. The Balaban J connectivity index is 2.09. The molecule has 0 radical (unpaired) electrons. The van der Waals surface area contributed by atoms with Gasteiger partial charge in [-0.25, -0.2) is 0 Å². The largest absolute Gasteiger partial charge is 0.452 e. The van der Waals surface area contributed by atoms with Crippen molar-refractivity contribution < 1.29 is 4.74 Å². The van der Waals surface area contributed by atoms with E-state index in [1.165, 1.54) is 0 Å². The van der Waals surface area contributed by atoms with Gasteiger partial charge in [0.1, 0.15) is 5.75 Å². The van der Waals surface area contributed by atoms with Crippen LogP contribution in [0.15, 0.2) is 30.9 Å². The van der Waals surface area contributed by atoms with Gasteiger partial charge >= 0.3 is 0 Å². The van der Waals surface area contributed by atoms with Gasteiger partial charge in [0.15, 0.2) is 5.75 Å². The summed E-state index contributed by atoms with van der Waals surface area (Å²) in [6.45, 7) is 6.11. The lowest BCUT2D eigenvalue weighted by Gasteiger charge is -2.07. The van der Waals surface area contributed by atoms with Crippen molar-refractivity contribution in [3.8, 4) is 11.5 Å². The summed E-state index contributed by atoms with van der Waals surface area (Å²) < 4.78 is 7.60. The van der Waals surface area contributed by atoms with Gasteiger partial charge < -0.3 is 10.5 Å². The predicted molar refractivity (Wildman–Crippen MR) is 74.3 cm³/mol. The minimum atomic E-state index is 0.112. The number of ether oxygens (including phenoxy) is 1. The van der Waals surface area contributed by atoms with Crippen LogP contribution >= 0.6 is 0 Å². The van der Waals surface area contributed by atoms with Crippen LogP contribution < -0.4 is 10.5 Å². The molecule has 0 aromatic carbocycles. The first kappa shape index (κ1) is 13.5. The summed E-state index contributed by atoms with van der Waals surface area (Å²) in [7, 11) is 0. The fourth-order valence-electron chi connectivity index (χ4n) is 1.79. The van der Waals surface area contributed by atoms with Gasteiger partial charge in [-0.15, -0.1) is 0 Å². The molecule has 0 aliphatic carbocycles. The Kier molecular flexibility index (Phi) is 4.16. The molecule has 19 heavy (non-hydrogen) atoms. The van der Waals surface area contributed by atoms with Crippen LogP contribution in [0.5, 0.6) is 11.5 Å². The van der Waals surface area contributed by atoms with Crippen LogP contribution in [-0.2, 0) is 6.42 Å². The van der Waals surface area contributed by atoms with Crippen LogP contribution in [-0.4, -0.2) is 20.8 Å². The molecule has 0 bridgehead atoms. The van der Waals surface area contributed by atoms with Crippen molar-refractivity contribution in [3.05, 3.63) is 36.4 Å². The van der Waals surface area contributed by atoms with Gasteiger partial charge in [0, 0.05) is 18.3 Å². The third-order valence-electron chi connectivity index (χ3n) is 2.67. The van der Waals surface area contributed by atoms with Crippen molar-refractivity contribution in [2.75, 3.05) is 0 Å². The number of nitrogens with two attached hydrogens (primary N) is 1. The molecule has 1 atom stereocenters. The first-order chi connectivity index (χ1) is 9.04. The summed E-state index contributed by atoms with van der Waals surface area (Å²) in [6, 6.07) is 2.39. The smallest absolute Gasteiger partial charge is 0.165 e. The maximum Gasteiger partial charge on any atom is 0.165 e. The van der Waals surface area contributed by atoms with E-state index in [4.69, 9.17) is 10.5 Å². The molecule has 0 amide bonds. The lowest BCUT2D eigenvalue weighted by atomic mass is 10.1. The van der Waals surface area contributed by atoms with Gasteiger partial charge in [-0.2, -0.15) is 5.10 Å². The molecular formula is C14H20N4O. The second-order valence-electron chi connectivity index (χ2n) is 5.06. The topological polar surface area (TPSA) is 66.0 Å². The fraction of sp³-hybridized carbons (Fsp3) is 0.429. The molecule has 0 spiro atoms. The molecule has 0 saturated heterocycles. The van der Waals surface area contributed by atoms with Crippen molar-refractivity contribution >= 4 is 0 Å². The lowest BCUT2D eigenvalue weighted by Crippen LogP contribution is -2.17. The Morgan fingerprint density at radius 3 is 2.63 bits per heavy atom. The highest BCUT2D eigenvalue weighted by molar-refractivity contribution is 5.29. The van der Waals surface area contributed by atoms with E-state index in [1.807, 2.05) is 30.1 Å². The van der Waals surface area contributed by atoms with E-state index in [0.717, 1.165) is 12.0 Å². The first-order valence-electron chi connectivity index (χ1n) is 6.46. The van der Waals surface area contributed by atoms with Crippen molar-refractivity contribution in [3.63, 3.8) is 0 Å². The molecule has 0 saturated carbocycles. The monoisotopic (exact) mass is 260 g/mol. The molecule has 2 N–H and O–H groups in total. The Bertz CT molecular complexity index is 534. The summed E-state index contributed by atoms with van der Waals surface area (Å²) in [5.41, 5.74) is 6.85. The fourth-order valence-corrected chi connectivity index (χ4v) is 1.79. The minimum absolute atomic E-state index is 0.112. The molecule has 2 heterocycles. The third kappa shape index (κ3) is 3.79. The summed E-state index contributed by atoms with van der Waals surface area (Å²) in [5, 5.41) is 4.23. The van der Waals surface area contributed by atoms with E-state index in [-0.39, 0.29) is 6.04 Å². The predicted octanol–water partition coefficient (Wildman–Crippen LogP) is 2.54. The zero-order valence-corrected chi connectivity index (χ0v) is 11.6. The highest BCUT2D eigenvalue weighted by atomic mass is 16.5. The maximum absolute atomic E-state index is 5.78. The van der Waals surface area contributed by atoms with Crippen molar-refractivity contribution in [1.29, 1.82) is 0 Å². The SMILES string of the molecule is CC(N)Cc1cncc(Oc2cnn(C(C)C)c2)c1. The quantitative estimate of drug-likeness (QED) is 0.897. The lowest BCUT2D eigenvalue weighted by molar-refractivity contribution is 0.474. The van der Waals surface area contributed by atoms with Crippen LogP contribution in [0.3, 0.4) is 0 Å². The highest BCUT2D eigenvalue weighted by Crippen LogP contribution is 2.22. The van der Waals surface area contributed by atoms with Crippen LogP contribution in [0, 0.1) is 0 Å². The molecule has 1 unspecified atom stereocenters. The molecule has 0 fully saturated rings. The van der Waals surface area contributed by atoms with Crippen LogP contribution in [0.25, 0.3) is 0 Å². The second-order valence-corrected chi connectivity index (χ2v) is 5.06. The average molecular weight is 260 g/mol. The molecule has 2 aromatic rings. The van der Waals surface area contributed by atoms with Crippen molar-refractivity contribution in [2.45, 2.75) is 39.3 Å². The van der Waals surface area contributed by atoms with Crippen LogP contribution in [0.2, 0.25) is 0 Å². The number of pyridine rings is 1. The van der Waals surface area contributed by atoms with E-state index in [2.05, 4.69) is 23.9 Å². The number of nitrogens with zero attached hydrogens (tertiary/aromatic N) is 3. The van der Waals surface area contributed by atoms with Crippen LogP contribution in [0.1, 0.15) is 32.4 Å². The average Bonchev–Trinajstić information content (AvgIpc) is 2.77. The van der Waals surface area contributed by atoms with E-state index in [0.29, 0.717) is 17.5 Å². The molecule has 2 aromatic heterocycles. The number of hydrogen-bond donors (Lipinski definition) is 1. The molecule has 5 heteroatoms. The molecule has 2 rings (SSSR count). The second kappa shape index (κ2) is 5.84. The summed E-state index contributed by atoms with van der Waals surface area (Å²) in [4.78, 5) is 4.17. The molecule has 5 nitrogen and oxygen atoms in total. The van der Waals surface area contributed by atoms with Crippen molar-refractivity contribution in [2.24, 2.45) is 5.73 Å². The zero-order valence-electron chi connectivity index (χ0n) is 11.6. The zero-order chi connectivity index (χ0) is 13.8. The van der Waals surface area contributed by atoms with E-state index < -0.39 is 0 Å². The summed E-state index contributed by atoms with van der Waals surface area (Å²) >= 11 is 0. The maximum atomic E-state index is 5.78.